The lowest BCUT2D eigenvalue weighted by Gasteiger charge is -2.10. The molecule has 0 aromatic carbocycles. The van der Waals surface area contributed by atoms with E-state index >= 15 is 0 Å². The van der Waals surface area contributed by atoms with Gasteiger partial charge in [0.25, 0.3) is 0 Å². The fourth-order valence-corrected chi connectivity index (χ4v) is 0.878. The van der Waals surface area contributed by atoms with Gasteiger partial charge < -0.3 is 14.8 Å². The van der Waals surface area contributed by atoms with E-state index in [0.717, 1.165) is 18.7 Å². The zero-order chi connectivity index (χ0) is 10.8. The largest absolute Gasteiger partial charge is 0.379 e. The van der Waals surface area contributed by atoms with Crippen LogP contribution in [0.3, 0.4) is 0 Å². The summed E-state index contributed by atoms with van der Waals surface area (Å²) in [6.45, 7) is 13.6. The third-order valence-electron chi connectivity index (χ3n) is 1.64. The van der Waals surface area contributed by atoms with Crippen LogP contribution in [0.2, 0.25) is 0 Å². The molecular formula is C11H23NO2. The molecular weight excluding hydrogens is 178 g/mol. The van der Waals surface area contributed by atoms with Gasteiger partial charge in [-0.1, -0.05) is 20.4 Å². The highest BCUT2D eigenvalue weighted by Crippen LogP contribution is 1.91. The van der Waals surface area contributed by atoms with Crippen LogP contribution >= 0.6 is 0 Å². The van der Waals surface area contributed by atoms with Crippen molar-refractivity contribution in [2.45, 2.75) is 26.8 Å². The molecule has 0 heterocycles. The lowest BCUT2D eigenvalue weighted by Crippen LogP contribution is -2.26. The van der Waals surface area contributed by atoms with Gasteiger partial charge >= 0.3 is 0 Å². The predicted molar refractivity (Wildman–Crippen MR) is 59.6 cm³/mol. The van der Waals surface area contributed by atoms with E-state index in [1.54, 1.807) is 0 Å². The van der Waals surface area contributed by atoms with Crippen LogP contribution in [0.1, 0.15) is 20.8 Å². The Morgan fingerprint density at radius 1 is 1.29 bits per heavy atom. The van der Waals surface area contributed by atoms with Crippen molar-refractivity contribution in [3.05, 3.63) is 12.2 Å². The Kier molecular flexibility index (Phi) is 8.94. The maximum atomic E-state index is 5.37. The van der Waals surface area contributed by atoms with Gasteiger partial charge in [-0.3, -0.25) is 0 Å². The Morgan fingerprint density at radius 2 is 1.93 bits per heavy atom. The Morgan fingerprint density at radius 3 is 2.50 bits per heavy atom. The van der Waals surface area contributed by atoms with Crippen LogP contribution in [0, 0.1) is 0 Å². The van der Waals surface area contributed by atoms with E-state index in [9.17, 15) is 0 Å². The van der Waals surface area contributed by atoms with Crippen LogP contribution < -0.4 is 5.32 Å². The van der Waals surface area contributed by atoms with E-state index < -0.39 is 0 Å². The van der Waals surface area contributed by atoms with E-state index in [4.69, 9.17) is 9.47 Å². The van der Waals surface area contributed by atoms with Crippen molar-refractivity contribution in [2.75, 3.05) is 33.0 Å². The third kappa shape index (κ3) is 9.71. The summed E-state index contributed by atoms with van der Waals surface area (Å²) in [7, 11) is 0. The molecule has 0 aliphatic carbocycles. The van der Waals surface area contributed by atoms with Crippen molar-refractivity contribution >= 4 is 0 Å². The van der Waals surface area contributed by atoms with Crippen molar-refractivity contribution in [3.8, 4) is 0 Å². The Hall–Kier alpha value is -0.380. The molecule has 0 saturated carbocycles. The van der Waals surface area contributed by atoms with E-state index in [-0.39, 0.29) is 0 Å². The SMILES string of the molecule is C=C(CNC(C)C)COCCOCC. The van der Waals surface area contributed by atoms with Crippen LogP contribution in [-0.4, -0.2) is 39.0 Å². The summed E-state index contributed by atoms with van der Waals surface area (Å²) in [6.07, 6.45) is 0. The maximum Gasteiger partial charge on any atom is 0.0704 e. The summed E-state index contributed by atoms with van der Waals surface area (Å²) in [5, 5.41) is 3.29. The van der Waals surface area contributed by atoms with Gasteiger partial charge in [0, 0.05) is 19.2 Å². The molecule has 0 aromatic heterocycles. The molecule has 0 aromatic rings. The van der Waals surface area contributed by atoms with Gasteiger partial charge in [-0.25, -0.2) is 0 Å². The van der Waals surface area contributed by atoms with Crippen molar-refractivity contribution in [3.63, 3.8) is 0 Å². The molecule has 0 radical (unpaired) electrons. The maximum absolute atomic E-state index is 5.37. The first-order valence-corrected chi connectivity index (χ1v) is 5.22. The topological polar surface area (TPSA) is 30.5 Å². The Balaban J connectivity index is 3.18. The Bertz CT molecular complexity index is 146. The van der Waals surface area contributed by atoms with Gasteiger partial charge in [0.2, 0.25) is 0 Å². The van der Waals surface area contributed by atoms with E-state index in [1.807, 2.05) is 6.92 Å². The molecule has 0 fully saturated rings. The normalized spacial score (nSPS) is 10.9. The molecule has 3 nitrogen and oxygen atoms in total. The minimum absolute atomic E-state index is 0.496. The summed E-state index contributed by atoms with van der Waals surface area (Å²) in [6, 6.07) is 0.496. The highest BCUT2D eigenvalue weighted by atomic mass is 16.5. The summed E-state index contributed by atoms with van der Waals surface area (Å²) in [5.74, 6) is 0. The smallest absolute Gasteiger partial charge is 0.0704 e. The molecule has 0 spiro atoms. The van der Waals surface area contributed by atoms with Gasteiger partial charge in [-0.15, -0.1) is 0 Å². The van der Waals surface area contributed by atoms with E-state index in [0.29, 0.717) is 25.9 Å². The lowest BCUT2D eigenvalue weighted by atomic mass is 10.3. The molecule has 3 heteroatoms. The zero-order valence-electron chi connectivity index (χ0n) is 9.64. The summed E-state index contributed by atoms with van der Waals surface area (Å²) < 4.78 is 10.5. The second kappa shape index (κ2) is 9.19. The fraction of sp³-hybridized carbons (Fsp3) is 0.818. The molecule has 0 bridgehead atoms. The first-order valence-electron chi connectivity index (χ1n) is 5.22. The van der Waals surface area contributed by atoms with Crippen molar-refractivity contribution in [1.29, 1.82) is 0 Å². The lowest BCUT2D eigenvalue weighted by molar-refractivity contribution is 0.0616. The van der Waals surface area contributed by atoms with Crippen molar-refractivity contribution < 1.29 is 9.47 Å². The molecule has 0 atom stereocenters. The number of rotatable bonds is 9. The van der Waals surface area contributed by atoms with Crippen LogP contribution in [0.25, 0.3) is 0 Å². The highest BCUT2D eigenvalue weighted by molar-refractivity contribution is 4.97. The molecule has 0 rings (SSSR count). The fourth-order valence-electron chi connectivity index (χ4n) is 0.878. The zero-order valence-corrected chi connectivity index (χ0v) is 9.64. The molecule has 0 aliphatic heterocycles. The van der Waals surface area contributed by atoms with Gasteiger partial charge in [0.05, 0.1) is 19.8 Å². The summed E-state index contributed by atoms with van der Waals surface area (Å²) >= 11 is 0. The summed E-state index contributed by atoms with van der Waals surface area (Å²) in [4.78, 5) is 0. The van der Waals surface area contributed by atoms with E-state index in [1.165, 1.54) is 0 Å². The van der Waals surface area contributed by atoms with Gasteiger partial charge in [0.15, 0.2) is 0 Å². The number of ether oxygens (including phenoxy) is 2. The number of nitrogens with one attached hydrogen (secondary N) is 1. The number of hydrogen-bond donors (Lipinski definition) is 1. The van der Waals surface area contributed by atoms with E-state index in [2.05, 4.69) is 25.7 Å². The van der Waals surface area contributed by atoms with Crippen LogP contribution in [0.15, 0.2) is 12.2 Å². The molecule has 1 N–H and O–H groups in total. The Labute approximate surface area is 87.5 Å². The predicted octanol–water partition coefficient (Wildman–Crippen LogP) is 1.59. The quantitative estimate of drug-likeness (QED) is 0.454. The molecule has 0 amide bonds. The average Bonchev–Trinajstić information content (AvgIpc) is 2.14. The van der Waals surface area contributed by atoms with Crippen molar-refractivity contribution in [2.24, 2.45) is 0 Å². The standard InChI is InChI=1S/C11H23NO2/c1-5-13-6-7-14-9-11(4)8-12-10(2)3/h10,12H,4-9H2,1-3H3. The molecule has 0 saturated heterocycles. The van der Waals surface area contributed by atoms with Crippen LogP contribution in [0.4, 0.5) is 0 Å². The average molecular weight is 201 g/mol. The molecule has 14 heavy (non-hydrogen) atoms. The third-order valence-corrected chi connectivity index (χ3v) is 1.64. The minimum atomic E-state index is 0.496. The monoisotopic (exact) mass is 201 g/mol. The first kappa shape index (κ1) is 13.6. The van der Waals surface area contributed by atoms with Gasteiger partial charge in [-0.05, 0) is 12.5 Å². The molecule has 0 aliphatic rings. The van der Waals surface area contributed by atoms with Crippen molar-refractivity contribution in [1.82, 2.24) is 5.32 Å². The van der Waals surface area contributed by atoms with Gasteiger partial charge in [-0.2, -0.15) is 0 Å². The summed E-state index contributed by atoms with van der Waals surface area (Å²) in [5.41, 5.74) is 1.08. The molecule has 0 unspecified atom stereocenters. The van der Waals surface area contributed by atoms with Gasteiger partial charge in [0.1, 0.15) is 0 Å². The van der Waals surface area contributed by atoms with Crippen LogP contribution in [-0.2, 0) is 9.47 Å². The second-order valence-electron chi connectivity index (χ2n) is 3.54. The van der Waals surface area contributed by atoms with Crippen LogP contribution in [0.5, 0.6) is 0 Å². The first-order chi connectivity index (χ1) is 6.66. The highest BCUT2D eigenvalue weighted by Gasteiger charge is 1.96. The minimum Gasteiger partial charge on any atom is -0.379 e. The number of hydrogen-bond acceptors (Lipinski definition) is 3. The molecule has 84 valence electrons. The second-order valence-corrected chi connectivity index (χ2v) is 3.54.